The van der Waals surface area contributed by atoms with E-state index in [2.05, 4.69) is 40.8 Å². The number of halogens is 1. The first kappa shape index (κ1) is 24.4. The van der Waals surface area contributed by atoms with Gasteiger partial charge in [0.2, 0.25) is 0 Å². The molecule has 0 saturated carbocycles. The van der Waals surface area contributed by atoms with Gasteiger partial charge in [-0.1, -0.05) is 45.0 Å². The lowest BCUT2D eigenvalue weighted by Gasteiger charge is -2.21. The fourth-order valence-corrected chi connectivity index (χ4v) is 4.37. The molecule has 1 amide bonds. The van der Waals surface area contributed by atoms with Crippen LogP contribution in [0.15, 0.2) is 67.3 Å². The zero-order chi connectivity index (χ0) is 26.3. The summed E-state index contributed by atoms with van der Waals surface area (Å²) in [7, 11) is 3.54. The average molecular weight is 497 g/mol. The Morgan fingerprint density at radius 3 is 2.46 bits per heavy atom. The Kier molecular flexibility index (Phi) is 6.11. The van der Waals surface area contributed by atoms with Crippen LogP contribution in [0.25, 0.3) is 33.5 Å². The third-order valence-electron chi connectivity index (χ3n) is 6.52. The highest BCUT2D eigenvalue weighted by Crippen LogP contribution is 2.31. The van der Waals surface area contributed by atoms with Crippen molar-refractivity contribution in [1.29, 1.82) is 0 Å². The molecule has 3 heterocycles. The molecule has 0 aliphatic rings. The lowest BCUT2D eigenvalue weighted by molar-refractivity contribution is 0.0784. The molecular formula is C29H29FN6O. The van der Waals surface area contributed by atoms with Crippen molar-refractivity contribution in [1.82, 2.24) is 29.6 Å². The molecule has 37 heavy (non-hydrogen) atoms. The van der Waals surface area contributed by atoms with Crippen LogP contribution in [-0.2, 0) is 19.0 Å². The molecule has 1 N–H and O–H groups in total. The van der Waals surface area contributed by atoms with Gasteiger partial charge < -0.3 is 9.88 Å². The Hall–Kier alpha value is -4.33. The van der Waals surface area contributed by atoms with Crippen LogP contribution >= 0.6 is 0 Å². The number of rotatable bonds is 5. The normalized spacial score (nSPS) is 11.7. The molecule has 7 nitrogen and oxygen atoms in total. The largest absolute Gasteiger partial charge is 0.339 e. The lowest BCUT2D eigenvalue weighted by Crippen LogP contribution is -2.26. The maximum Gasteiger partial charge on any atom is 0.253 e. The highest BCUT2D eigenvalue weighted by Gasteiger charge is 2.18. The second-order valence-corrected chi connectivity index (χ2v) is 10.4. The van der Waals surface area contributed by atoms with Crippen LogP contribution in [0.5, 0.6) is 0 Å². The molecule has 2 aromatic carbocycles. The lowest BCUT2D eigenvalue weighted by atomic mass is 9.86. The molecule has 0 radical (unpaired) electrons. The summed E-state index contributed by atoms with van der Waals surface area (Å²) in [5.41, 5.74) is 5.88. The van der Waals surface area contributed by atoms with Crippen molar-refractivity contribution in [2.45, 2.75) is 32.7 Å². The summed E-state index contributed by atoms with van der Waals surface area (Å²) in [5, 5.41) is 5.01. The van der Waals surface area contributed by atoms with E-state index in [1.807, 2.05) is 49.6 Å². The van der Waals surface area contributed by atoms with Gasteiger partial charge in [-0.15, -0.1) is 0 Å². The maximum absolute atomic E-state index is 15.2. The van der Waals surface area contributed by atoms with Gasteiger partial charge in [0.25, 0.3) is 5.91 Å². The second kappa shape index (κ2) is 9.28. The van der Waals surface area contributed by atoms with Crippen LogP contribution in [0.4, 0.5) is 4.39 Å². The Bertz CT molecular complexity index is 1590. The third-order valence-corrected chi connectivity index (χ3v) is 6.52. The number of fused-ring (bicyclic) bond motifs is 1. The van der Waals surface area contributed by atoms with Gasteiger partial charge in [0, 0.05) is 54.5 Å². The minimum Gasteiger partial charge on any atom is -0.339 e. The van der Waals surface area contributed by atoms with Crippen LogP contribution in [-0.4, -0.2) is 42.6 Å². The topological polar surface area (TPSA) is 79.7 Å². The van der Waals surface area contributed by atoms with Crippen LogP contribution in [0.2, 0.25) is 0 Å². The number of hydrogen-bond donors (Lipinski definition) is 1. The monoisotopic (exact) mass is 496 g/mol. The van der Waals surface area contributed by atoms with Gasteiger partial charge in [-0.25, -0.2) is 14.4 Å². The molecule has 0 spiro atoms. The van der Waals surface area contributed by atoms with Gasteiger partial charge in [0.15, 0.2) is 0 Å². The SMILES string of the molecule is CN(Cc1ccc(-c2ncnc3[nH]c(-c4cnn(C)c4)cc23)cc1F)C(=O)c1ccc(C(C)(C)C)cc1. The van der Waals surface area contributed by atoms with Gasteiger partial charge >= 0.3 is 0 Å². The number of amides is 1. The summed E-state index contributed by atoms with van der Waals surface area (Å²) in [6.45, 7) is 6.54. The van der Waals surface area contributed by atoms with Crippen LogP contribution in [0.3, 0.4) is 0 Å². The van der Waals surface area contributed by atoms with Crippen molar-refractivity contribution in [2.75, 3.05) is 7.05 Å². The summed E-state index contributed by atoms with van der Waals surface area (Å²) in [5.74, 6) is -0.549. The summed E-state index contributed by atoms with van der Waals surface area (Å²) < 4.78 is 16.9. The molecule has 0 saturated heterocycles. The van der Waals surface area contributed by atoms with Gasteiger partial charge in [0.1, 0.15) is 17.8 Å². The summed E-state index contributed by atoms with van der Waals surface area (Å²) in [6.07, 6.45) is 5.14. The van der Waals surface area contributed by atoms with Crippen molar-refractivity contribution in [3.8, 4) is 22.5 Å². The first-order valence-electron chi connectivity index (χ1n) is 12.1. The zero-order valence-electron chi connectivity index (χ0n) is 21.6. The van der Waals surface area contributed by atoms with Gasteiger partial charge in [-0.3, -0.25) is 9.48 Å². The number of nitrogens with one attached hydrogen (secondary N) is 1. The van der Waals surface area contributed by atoms with E-state index in [1.54, 1.807) is 24.0 Å². The third kappa shape index (κ3) is 4.87. The summed E-state index contributed by atoms with van der Waals surface area (Å²) in [6, 6.07) is 14.5. The Balaban J connectivity index is 1.37. The number of aromatic nitrogens is 5. The second-order valence-electron chi connectivity index (χ2n) is 10.4. The smallest absolute Gasteiger partial charge is 0.253 e. The van der Waals surface area contributed by atoms with E-state index in [4.69, 9.17) is 0 Å². The van der Waals surface area contributed by atoms with E-state index in [0.29, 0.717) is 28.0 Å². The van der Waals surface area contributed by atoms with Crippen LogP contribution in [0, 0.1) is 5.82 Å². The number of aryl methyl sites for hydroxylation is 1. The Morgan fingerprint density at radius 1 is 1.05 bits per heavy atom. The number of carbonyl (C=O) groups is 1. The molecule has 0 aliphatic heterocycles. The quantitative estimate of drug-likeness (QED) is 0.337. The van der Waals surface area contributed by atoms with Crippen molar-refractivity contribution in [3.63, 3.8) is 0 Å². The first-order chi connectivity index (χ1) is 17.6. The predicted octanol–water partition coefficient (Wildman–Crippen LogP) is 5.73. The minimum absolute atomic E-state index is 0.00826. The van der Waals surface area contributed by atoms with E-state index in [9.17, 15) is 4.79 Å². The molecule has 188 valence electrons. The number of carbonyl (C=O) groups excluding carboxylic acids is 1. The molecule has 0 atom stereocenters. The van der Waals surface area contributed by atoms with E-state index in [-0.39, 0.29) is 17.9 Å². The molecule has 0 fully saturated rings. The molecule has 0 unspecified atom stereocenters. The number of hydrogen-bond acceptors (Lipinski definition) is 4. The highest BCUT2D eigenvalue weighted by molar-refractivity contribution is 5.95. The minimum atomic E-state index is -0.394. The standard InChI is InChI=1S/C29H29FN6O/c1-29(2,3)22-10-8-18(9-11-22)28(37)35(4)15-20-7-6-19(12-24(20)30)26-23-13-25(21-14-33-36(5)16-21)34-27(23)32-17-31-26/h6-14,16-17H,15H2,1-5H3,(H,31,32,34). The predicted molar refractivity (Wildman–Crippen MR) is 142 cm³/mol. The van der Waals surface area contributed by atoms with Crippen molar-refractivity contribution >= 4 is 16.9 Å². The van der Waals surface area contributed by atoms with E-state index in [1.165, 1.54) is 17.3 Å². The number of aromatic amines is 1. The summed E-state index contributed by atoms with van der Waals surface area (Å²) >= 11 is 0. The van der Waals surface area contributed by atoms with Crippen LogP contribution < -0.4 is 0 Å². The molecule has 8 heteroatoms. The summed E-state index contributed by atoms with van der Waals surface area (Å²) in [4.78, 5) is 26.5. The van der Waals surface area contributed by atoms with Crippen molar-refractivity contribution < 1.29 is 9.18 Å². The number of benzene rings is 2. The maximum atomic E-state index is 15.2. The first-order valence-corrected chi connectivity index (χ1v) is 12.1. The molecular weight excluding hydrogens is 467 g/mol. The average Bonchev–Trinajstić information content (AvgIpc) is 3.50. The Morgan fingerprint density at radius 2 is 1.81 bits per heavy atom. The zero-order valence-corrected chi connectivity index (χ0v) is 21.6. The van der Waals surface area contributed by atoms with Crippen molar-refractivity contribution in [2.24, 2.45) is 7.05 Å². The number of nitrogens with zero attached hydrogens (tertiary/aromatic N) is 5. The van der Waals surface area contributed by atoms with Gasteiger partial charge in [0.05, 0.1) is 17.6 Å². The van der Waals surface area contributed by atoms with Gasteiger partial charge in [-0.05, 0) is 35.2 Å². The van der Waals surface area contributed by atoms with E-state index in [0.717, 1.165) is 22.2 Å². The molecule has 0 bridgehead atoms. The fourth-order valence-electron chi connectivity index (χ4n) is 4.37. The number of H-pyrrole nitrogens is 1. The molecule has 5 aromatic rings. The molecule has 5 rings (SSSR count). The van der Waals surface area contributed by atoms with Gasteiger partial charge in [-0.2, -0.15) is 5.10 Å². The molecule has 0 aliphatic carbocycles. The van der Waals surface area contributed by atoms with E-state index < -0.39 is 5.82 Å². The van der Waals surface area contributed by atoms with E-state index >= 15 is 4.39 Å². The fraction of sp³-hybridized carbons (Fsp3) is 0.241. The van der Waals surface area contributed by atoms with Crippen LogP contribution in [0.1, 0.15) is 42.3 Å². The Labute approximate surface area is 215 Å². The molecule has 3 aromatic heterocycles. The highest BCUT2D eigenvalue weighted by atomic mass is 19.1. The van der Waals surface area contributed by atoms with Crippen molar-refractivity contribution in [3.05, 3.63) is 89.8 Å².